The maximum atomic E-state index is 12.4. The third-order valence-corrected chi connectivity index (χ3v) is 4.32. The fourth-order valence-corrected chi connectivity index (χ4v) is 2.97. The summed E-state index contributed by atoms with van der Waals surface area (Å²) in [6.45, 7) is 0. The van der Waals surface area contributed by atoms with Crippen molar-refractivity contribution in [3.05, 3.63) is 54.1 Å². The fraction of sp³-hybridized carbons (Fsp3) is 0.227. The number of carbonyl (C=O) groups excluding carboxylic acids is 1. The zero-order valence-electron chi connectivity index (χ0n) is 16.3. The highest BCUT2D eigenvalue weighted by atomic mass is 16.5. The van der Waals surface area contributed by atoms with E-state index in [2.05, 4.69) is 0 Å². The van der Waals surface area contributed by atoms with E-state index in [4.69, 9.17) is 23.7 Å². The van der Waals surface area contributed by atoms with Gasteiger partial charge in [-0.15, -0.1) is 0 Å². The SMILES string of the molecule is COc1ccc2ccc(OC(=O)Cc3cc(OC)c(OC)c(OC)c3)cc2c1. The van der Waals surface area contributed by atoms with Gasteiger partial charge in [0.2, 0.25) is 5.75 Å². The Kier molecular flexibility index (Phi) is 5.89. The molecule has 0 aliphatic heterocycles. The first kappa shape index (κ1) is 19.4. The Morgan fingerprint density at radius 2 is 1.32 bits per heavy atom. The van der Waals surface area contributed by atoms with Crippen molar-refractivity contribution < 1.29 is 28.5 Å². The Morgan fingerprint density at radius 1 is 0.714 bits per heavy atom. The molecule has 6 heteroatoms. The van der Waals surface area contributed by atoms with Gasteiger partial charge in [-0.25, -0.2) is 0 Å². The summed E-state index contributed by atoms with van der Waals surface area (Å²) in [5.41, 5.74) is 0.696. The summed E-state index contributed by atoms with van der Waals surface area (Å²) < 4.78 is 26.7. The number of methoxy groups -OCH3 is 4. The number of ether oxygens (including phenoxy) is 5. The summed E-state index contributed by atoms with van der Waals surface area (Å²) in [6.07, 6.45) is 0.0624. The lowest BCUT2D eigenvalue weighted by Crippen LogP contribution is -2.11. The van der Waals surface area contributed by atoms with Crippen molar-refractivity contribution in [2.75, 3.05) is 28.4 Å². The zero-order valence-corrected chi connectivity index (χ0v) is 16.3. The summed E-state index contributed by atoms with van der Waals surface area (Å²) in [7, 11) is 6.21. The minimum Gasteiger partial charge on any atom is -0.497 e. The van der Waals surface area contributed by atoms with Gasteiger partial charge in [-0.2, -0.15) is 0 Å². The Labute approximate surface area is 163 Å². The molecule has 3 aromatic carbocycles. The number of hydrogen-bond acceptors (Lipinski definition) is 6. The first-order valence-corrected chi connectivity index (χ1v) is 8.65. The van der Waals surface area contributed by atoms with Crippen LogP contribution < -0.4 is 23.7 Å². The predicted molar refractivity (Wildman–Crippen MR) is 106 cm³/mol. The van der Waals surface area contributed by atoms with Crippen molar-refractivity contribution in [2.24, 2.45) is 0 Å². The van der Waals surface area contributed by atoms with Gasteiger partial charge in [-0.1, -0.05) is 12.1 Å². The lowest BCUT2D eigenvalue weighted by molar-refractivity contribution is -0.133. The molecule has 0 atom stereocenters. The van der Waals surface area contributed by atoms with E-state index in [1.807, 2.05) is 30.3 Å². The monoisotopic (exact) mass is 382 g/mol. The summed E-state index contributed by atoms with van der Waals surface area (Å²) in [5, 5.41) is 1.96. The molecular weight excluding hydrogens is 360 g/mol. The second-order valence-electron chi connectivity index (χ2n) is 6.06. The van der Waals surface area contributed by atoms with E-state index in [0.717, 1.165) is 16.5 Å². The molecule has 0 bridgehead atoms. The molecule has 3 aromatic rings. The maximum absolute atomic E-state index is 12.4. The normalized spacial score (nSPS) is 10.4. The topological polar surface area (TPSA) is 63.2 Å². The van der Waals surface area contributed by atoms with Gasteiger partial charge in [0.1, 0.15) is 11.5 Å². The lowest BCUT2D eigenvalue weighted by Gasteiger charge is -2.14. The lowest BCUT2D eigenvalue weighted by atomic mass is 10.1. The van der Waals surface area contributed by atoms with Crippen LogP contribution in [0, 0.1) is 0 Å². The molecule has 0 fully saturated rings. The van der Waals surface area contributed by atoms with E-state index in [-0.39, 0.29) is 6.42 Å². The van der Waals surface area contributed by atoms with Gasteiger partial charge in [0.25, 0.3) is 0 Å². The number of carbonyl (C=O) groups is 1. The van der Waals surface area contributed by atoms with E-state index >= 15 is 0 Å². The van der Waals surface area contributed by atoms with Gasteiger partial charge < -0.3 is 23.7 Å². The molecule has 0 aliphatic carbocycles. The van der Waals surface area contributed by atoms with Crippen molar-refractivity contribution in [1.82, 2.24) is 0 Å². The van der Waals surface area contributed by atoms with Crippen LogP contribution in [0.2, 0.25) is 0 Å². The average molecular weight is 382 g/mol. The van der Waals surface area contributed by atoms with Gasteiger partial charge in [0, 0.05) is 0 Å². The molecule has 0 saturated carbocycles. The van der Waals surface area contributed by atoms with Gasteiger partial charge in [0.15, 0.2) is 11.5 Å². The standard InChI is InChI=1S/C22H22O6/c1-24-17-7-5-15-6-8-18(13-16(15)12-17)28-21(23)11-14-9-19(25-2)22(27-4)20(10-14)26-3/h5-10,12-13H,11H2,1-4H3. The number of fused-ring (bicyclic) bond motifs is 1. The molecule has 28 heavy (non-hydrogen) atoms. The molecule has 0 N–H and O–H groups in total. The molecule has 0 heterocycles. The molecule has 0 unspecified atom stereocenters. The van der Waals surface area contributed by atoms with Crippen LogP contribution in [0.25, 0.3) is 10.8 Å². The van der Waals surface area contributed by atoms with E-state index in [9.17, 15) is 4.79 Å². The highest BCUT2D eigenvalue weighted by molar-refractivity contribution is 5.86. The number of hydrogen-bond donors (Lipinski definition) is 0. The number of esters is 1. The second kappa shape index (κ2) is 8.52. The quantitative estimate of drug-likeness (QED) is 0.454. The molecule has 0 aliphatic rings. The minimum absolute atomic E-state index is 0.0624. The van der Waals surface area contributed by atoms with Crippen LogP contribution in [0.1, 0.15) is 5.56 Å². The molecule has 6 nitrogen and oxygen atoms in total. The van der Waals surface area contributed by atoms with E-state index in [0.29, 0.717) is 28.6 Å². The molecular formula is C22H22O6. The number of benzene rings is 3. The molecule has 0 saturated heterocycles. The van der Waals surface area contributed by atoms with Crippen molar-refractivity contribution in [1.29, 1.82) is 0 Å². The van der Waals surface area contributed by atoms with Crippen LogP contribution in [0.15, 0.2) is 48.5 Å². The molecule has 0 spiro atoms. The second-order valence-corrected chi connectivity index (χ2v) is 6.06. The average Bonchev–Trinajstić information content (AvgIpc) is 2.72. The third kappa shape index (κ3) is 4.11. The summed E-state index contributed by atoms with van der Waals surface area (Å²) in [4.78, 5) is 12.4. The molecule has 0 radical (unpaired) electrons. The van der Waals surface area contributed by atoms with E-state index in [1.165, 1.54) is 21.3 Å². The minimum atomic E-state index is -0.392. The van der Waals surface area contributed by atoms with Crippen LogP contribution >= 0.6 is 0 Å². The van der Waals surface area contributed by atoms with Gasteiger partial charge in [-0.3, -0.25) is 4.79 Å². The first-order chi connectivity index (χ1) is 13.6. The van der Waals surface area contributed by atoms with Crippen molar-refractivity contribution in [3.8, 4) is 28.7 Å². The van der Waals surface area contributed by atoms with Gasteiger partial charge >= 0.3 is 5.97 Å². The Bertz CT molecular complexity index is 970. The Hall–Kier alpha value is -3.41. The van der Waals surface area contributed by atoms with Gasteiger partial charge in [0.05, 0.1) is 34.9 Å². The number of rotatable bonds is 7. The third-order valence-electron chi connectivity index (χ3n) is 4.32. The smallest absolute Gasteiger partial charge is 0.315 e. The van der Waals surface area contributed by atoms with Crippen LogP contribution in [0.3, 0.4) is 0 Å². The van der Waals surface area contributed by atoms with Crippen LogP contribution in [0.5, 0.6) is 28.7 Å². The highest BCUT2D eigenvalue weighted by Crippen LogP contribution is 2.38. The largest absolute Gasteiger partial charge is 0.497 e. The maximum Gasteiger partial charge on any atom is 0.315 e. The molecule has 0 aromatic heterocycles. The molecule has 146 valence electrons. The first-order valence-electron chi connectivity index (χ1n) is 8.65. The Balaban J connectivity index is 1.79. The molecule has 3 rings (SSSR count). The predicted octanol–water partition coefficient (Wildman–Crippen LogP) is 4.02. The fourth-order valence-electron chi connectivity index (χ4n) is 2.97. The van der Waals surface area contributed by atoms with Crippen LogP contribution in [-0.4, -0.2) is 34.4 Å². The van der Waals surface area contributed by atoms with Crippen LogP contribution in [0.4, 0.5) is 0 Å². The summed E-state index contributed by atoms with van der Waals surface area (Å²) >= 11 is 0. The summed E-state index contributed by atoms with van der Waals surface area (Å²) in [6, 6.07) is 14.7. The van der Waals surface area contributed by atoms with Crippen LogP contribution in [-0.2, 0) is 11.2 Å². The highest BCUT2D eigenvalue weighted by Gasteiger charge is 2.16. The van der Waals surface area contributed by atoms with E-state index in [1.54, 1.807) is 25.3 Å². The van der Waals surface area contributed by atoms with Crippen molar-refractivity contribution in [2.45, 2.75) is 6.42 Å². The van der Waals surface area contributed by atoms with Gasteiger partial charge in [-0.05, 0) is 52.7 Å². The molecule has 0 amide bonds. The van der Waals surface area contributed by atoms with E-state index < -0.39 is 5.97 Å². The Morgan fingerprint density at radius 3 is 1.89 bits per heavy atom. The zero-order chi connectivity index (χ0) is 20.1. The van der Waals surface area contributed by atoms with Crippen molar-refractivity contribution >= 4 is 16.7 Å². The van der Waals surface area contributed by atoms with Crippen molar-refractivity contribution in [3.63, 3.8) is 0 Å². The summed E-state index contributed by atoms with van der Waals surface area (Å²) in [5.74, 6) is 2.28.